The number of carbonyl (C=O) groups excluding carboxylic acids is 1. The predicted octanol–water partition coefficient (Wildman–Crippen LogP) is 6.26. The second kappa shape index (κ2) is 11.5. The Kier molecular flexibility index (Phi) is 7.96. The van der Waals surface area contributed by atoms with Crippen LogP contribution in [0.4, 0.5) is 33.6 Å². The fourth-order valence-electron chi connectivity index (χ4n) is 3.90. The van der Waals surface area contributed by atoms with Crippen molar-refractivity contribution in [3.63, 3.8) is 0 Å². The summed E-state index contributed by atoms with van der Waals surface area (Å²) in [5, 5.41) is 3.22. The number of nitrogens with zero attached hydrogens (tertiary/aromatic N) is 4. The smallest absolute Gasteiger partial charge is 0.425 e. The second-order valence-corrected chi connectivity index (χ2v) is 8.77. The molecule has 0 aliphatic rings. The van der Waals surface area contributed by atoms with Gasteiger partial charge in [-0.1, -0.05) is 24.3 Å². The number of aryl methyl sites for hydroxylation is 2. The molecule has 0 unspecified atom stereocenters. The summed E-state index contributed by atoms with van der Waals surface area (Å²) in [6.45, 7) is 3.78. The lowest BCUT2D eigenvalue weighted by Gasteiger charge is -2.24. The molecule has 0 bridgehead atoms. The normalized spacial score (nSPS) is 10.5. The van der Waals surface area contributed by atoms with E-state index in [1.54, 1.807) is 37.6 Å². The molecule has 9 nitrogen and oxygen atoms in total. The maximum absolute atomic E-state index is 13.8. The minimum Gasteiger partial charge on any atom is -0.497 e. The molecule has 0 aliphatic carbocycles. The molecular weight excluding hydrogens is 482 g/mol. The summed E-state index contributed by atoms with van der Waals surface area (Å²) < 4.78 is 16.9. The van der Waals surface area contributed by atoms with Crippen LogP contribution in [-0.2, 0) is 0 Å². The summed E-state index contributed by atoms with van der Waals surface area (Å²) in [6.07, 6.45) is 0.931. The number of ether oxygens (including phenoxy) is 3. The van der Waals surface area contributed by atoms with Crippen molar-refractivity contribution in [1.29, 1.82) is 0 Å². The highest BCUT2D eigenvalue weighted by atomic mass is 16.6. The largest absolute Gasteiger partial charge is 0.497 e. The van der Waals surface area contributed by atoms with Gasteiger partial charge in [0.05, 0.1) is 19.9 Å². The Morgan fingerprint density at radius 1 is 0.895 bits per heavy atom. The van der Waals surface area contributed by atoms with Gasteiger partial charge in [-0.25, -0.2) is 14.7 Å². The van der Waals surface area contributed by atoms with E-state index in [0.717, 1.165) is 22.5 Å². The minimum atomic E-state index is -0.648. The topological polar surface area (TPSA) is 89.0 Å². The summed E-state index contributed by atoms with van der Waals surface area (Å²) >= 11 is 0. The van der Waals surface area contributed by atoms with Gasteiger partial charge < -0.3 is 24.4 Å². The summed E-state index contributed by atoms with van der Waals surface area (Å²) in [5.41, 5.74) is 3.94. The first kappa shape index (κ1) is 26.3. The van der Waals surface area contributed by atoms with E-state index >= 15 is 0 Å². The monoisotopic (exact) mass is 513 g/mol. The van der Waals surface area contributed by atoms with E-state index < -0.39 is 6.09 Å². The molecule has 38 heavy (non-hydrogen) atoms. The van der Waals surface area contributed by atoms with Crippen molar-refractivity contribution in [2.75, 3.05) is 43.4 Å². The molecule has 0 radical (unpaired) electrons. The average Bonchev–Trinajstić information content (AvgIpc) is 2.91. The van der Waals surface area contributed by atoms with Gasteiger partial charge in [-0.2, -0.15) is 4.98 Å². The molecule has 1 amide bonds. The van der Waals surface area contributed by atoms with E-state index in [4.69, 9.17) is 14.2 Å². The van der Waals surface area contributed by atoms with Gasteiger partial charge in [-0.05, 0) is 55.3 Å². The third-order valence-corrected chi connectivity index (χ3v) is 5.90. The van der Waals surface area contributed by atoms with Crippen LogP contribution in [0, 0.1) is 13.8 Å². The number of benzene rings is 3. The molecule has 0 spiro atoms. The molecule has 1 N–H and O–H groups in total. The number of hydrogen-bond donors (Lipinski definition) is 1. The Balaban J connectivity index is 1.76. The Hall–Kier alpha value is -4.79. The zero-order chi connectivity index (χ0) is 27.2. The van der Waals surface area contributed by atoms with Crippen LogP contribution in [0.2, 0.25) is 0 Å². The molecular formula is C29H31N5O4. The molecule has 3 aromatic carbocycles. The van der Waals surface area contributed by atoms with Gasteiger partial charge in [-0.15, -0.1) is 0 Å². The highest BCUT2D eigenvalue weighted by Crippen LogP contribution is 2.37. The fraction of sp³-hybridized carbons (Fsp3) is 0.207. The van der Waals surface area contributed by atoms with E-state index in [-0.39, 0.29) is 0 Å². The van der Waals surface area contributed by atoms with Crippen molar-refractivity contribution >= 4 is 34.9 Å². The molecule has 1 aromatic heterocycles. The third kappa shape index (κ3) is 5.78. The number of anilines is 5. The van der Waals surface area contributed by atoms with Crippen molar-refractivity contribution < 1.29 is 19.0 Å². The number of amides is 1. The standard InChI is InChI=1S/C29H31N5O4/c1-19-9-7-10-20(2)27(19)38-29(35)34(24-14-13-23(36-5)18-25(24)37-6)26-15-16-30-28(32-26)31-21-11-8-12-22(17-21)33(3)4/h7-18H,1-6H3,(H,30,31,32). The van der Waals surface area contributed by atoms with Crippen molar-refractivity contribution in [3.05, 3.63) is 84.1 Å². The molecule has 0 saturated carbocycles. The quantitative estimate of drug-likeness (QED) is 0.295. The number of hydrogen-bond acceptors (Lipinski definition) is 8. The highest BCUT2D eigenvalue weighted by Gasteiger charge is 2.27. The minimum absolute atomic E-state index is 0.297. The lowest BCUT2D eigenvalue weighted by atomic mass is 10.1. The highest BCUT2D eigenvalue weighted by molar-refractivity contribution is 5.98. The molecule has 0 fully saturated rings. The average molecular weight is 514 g/mol. The number of aromatic nitrogens is 2. The first-order chi connectivity index (χ1) is 18.3. The second-order valence-electron chi connectivity index (χ2n) is 8.77. The first-order valence-corrected chi connectivity index (χ1v) is 12.0. The van der Waals surface area contributed by atoms with Crippen LogP contribution < -0.4 is 29.3 Å². The maximum atomic E-state index is 13.8. The van der Waals surface area contributed by atoms with Gasteiger partial charge in [0.25, 0.3) is 0 Å². The van der Waals surface area contributed by atoms with Crippen LogP contribution in [-0.4, -0.2) is 44.4 Å². The Bertz CT molecular complexity index is 1420. The van der Waals surface area contributed by atoms with Crippen molar-refractivity contribution in [2.45, 2.75) is 13.8 Å². The maximum Gasteiger partial charge on any atom is 0.425 e. The summed E-state index contributed by atoms with van der Waals surface area (Å²) in [7, 11) is 7.03. The van der Waals surface area contributed by atoms with E-state index in [0.29, 0.717) is 34.7 Å². The van der Waals surface area contributed by atoms with Gasteiger partial charge in [-0.3, -0.25) is 0 Å². The Morgan fingerprint density at radius 2 is 1.63 bits per heavy atom. The van der Waals surface area contributed by atoms with Crippen molar-refractivity contribution in [3.8, 4) is 17.2 Å². The number of para-hydroxylation sites is 1. The van der Waals surface area contributed by atoms with Gasteiger partial charge in [0, 0.05) is 43.8 Å². The number of methoxy groups -OCH3 is 2. The molecule has 0 aliphatic heterocycles. The molecule has 9 heteroatoms. The first-order valence-electron chi connectivity index (χ1n) is 12.0. The lowest BCUT2D eigenvalue weighted by molar-refractivity contribution is 0.209. The number of carbonyl (C=O) groups is 1. The van der Waals surface area contributed by atoms with E-state index in [9.17, 15) is 4.79 Å². The number of rotatable bonds is 8. The zero-order valence-corrected chi connectivity index (χ0v) is 22.4. The van der Waals surface area contributed by atoms with Crippen LogP contribution in [0.15, 0.2) is 72.9 Å². The summed E-state index contributed by atoms with van der Waals surface area (Å²) in [6, 6.07) is 20.3. The lowest BCUT2D eigenvalue weighted by Crippen LogP contribution is -2.31. The Morgan fingerprint density at radius 3 is 2.32 bits per heavy atom. The summed E-state index contributed by atoms with van der Waals surface area (Å²) in [4.78, 5) is 26.1. The van der Waals surface area contributed by atoms with Crippen LogP contribution in [0.3, 0.4) is 0 Å². The van der Waals surface area contributed by atoms with Crippen molar-refractivity contribution in [2.24, 2.45) is 0 Å². The van der Waals surface area contributed by atoms with E-state index in [2.05, 4.69) is 15.3 Å². The SMILES string of the molecule is COc1ccc(N(C(=O)Oc2c(C)cccc2C)c2ccnc(Nc3cccc(N(C)C)c3)n2)c(OC)c1. The fourth-order valence-corrected chi connectivity index (χ4v) is 3.90. The van der Waals surface area contributed by atoms with Gasteiger partial charge >= 0.3 is 6.09 Å². The van der Waals surface area contributed by atoms with Crippen LogP contribution >= 0.6 is 0 Å². The predicted molar refractivity (Wildman–Crippen MR) is 150 cm³/mol. The molecule has 0 saturated heterocycles. The van der Waals surface area contributed by atoms with Crippen molar-refractivity contribution in [1.82, 2.24) is 9.97 Å². The van der Waals surface area contributed by atoms with Crippen LogP contribution in [0.5, 0.6) is 17.2 Å². The van der Waals surface area contributed by atoms with E-state index in [1.807, 2.05) is 75.3 Å². The molecule has 4 rings (SSSR count). The molecule has 0 atom stereocenters. The van der Waals surface area contributed by atoms with Gasteiger partial charge in [0.1, 0.15) is 23.1 Å². The third-order valence-electron chi connectivity index (χ3n) is 5.90. The van der Waals surface area contributed by atoms with Gasteiger partial charge in [0.2, 0.25) is 5.95 Å². The zero-order valence-electron chi connectivity index (χ0n) is 22.4. The molecule has 4 aromatic rings. The Labute approximate surface area is 222 Å². The molecule has 196 valence electrons. The van der Waals surface area contributed by atoms with Crippen LogP contribution in [0.1, 0.15) is 11.1 Å². The number of nitrogens with one attached hydrogen (secondary N) is 1. The van der Waals surface area contributed by atoms with E-state index in [1.165, 1.54) is 12.0 Å². The van der Waals surface area contributed by atoms with Crippen LogP contribution in [0.25, 0.3) is 0 Å². The van der Waals surface area contributed by atoms with Gasteiger partial charge in [0.15, 0.2) is 0 Å². The summed E-state index contributed by atoms with van der Waals surface area (Å²) in [5.74, 6) is 2.10. The molecule has 1 heterocycles.